The molecule has 7 nitrogen and oxygen atoms in total. The average Bonchev–Trinajstić information content (AvgIpc) is 2.78. The Balaban J connectivity index is 1.53. The second-order valence-electron chi connectivity index (χ2n) is 6.14. The summed E-state index contributed by atoms with van der Waals surface area (Å²) in [4.78, 5) is 35.7. The van der Waals surface area contributed by atoms with Crippen LogP contribution in [0.5, 0.6) is 11.5 Å². The van der Waals surface area contributed by atoms with E-state index in [4.69, 9.17) is 9.47 Å². The molecule has 0 atom stereocenters. The van der Waals surface area contributed by atoms with Crippen molar-refractivity contribution in [3.8, 4) is 11.5 Å². The Morgan fingerprint density at radius 2 is 1.47 bits per heavy atom. The van der Waals surface area contributed by atoms with Crippen molar-refractivity contribution in [2.24, 2.45) is 0 Å². The quantitative estimate of drug-likeness (QED) is 0.596. The van der Waals surface area contributed by atoms with Crippen molar-refractivity contribution < 1.29 is 28.6 Å². The van der Waals surface area contributed by atoms with Gasteiger partial charge in [-0.3, -0.25) is 4.79 Å². The number of benzene rings is 3. The summed E-state index contributed by atoms with van der Waals surface area (Å²) in [6.45, 7) is -0.457. The Morgan fingerprint density at radius 3 is 2.17 bits per heavy atom. The molecule has 30 heavy (non-hydrogen) atoms. The summed E-state index contributed by atoms with van der Waals surface area (Å²) in [5.41, 5.74) is 1.08. The number of amides is 1. The van der Waals surface area contributed by atoms with Crippen molar-refractivity contribution in [2.75, 3.05) is 19.0 Å². The molecule has 0 aromatic heterocycles. The maximum atomic E-state index is 12.2. The van der Waals surface area contributed by atoms with Crippen LogP contribution in [-0.2, 0) is 14.3 Å². The molecule has 3 aromatic carbocycles. The molecule has 0 fully saturated rings. The maximum Gasteiger partial charge on any atom is 0.338 e. The van der Waals surface area contributed by atoms with E-state index < -0.39 is 24.5 Å². The fraction of sp³-hybridized carbons (Fsp3) is 0.0870. The highest BCUT2D eigenvalue weighted by Gasteiger charge is 2.12. The van der Waals surface area contributed by atoms with Gasteiger partial charge >= 0.3 is 11.9 Å². The Bertz CT molecular complexity index is 1030. The molecule has 0 aliphatic carbocycles. The van der Waals surface area contributed by atoms with Gasteiger partial charge in [-0.25, -0.2) is 9.59 Å². The van der Waals surface area contributed by atoms with Gasteiger partial charge in [-0.1, -0.05) is 24.3 Å². The van der Waals surface area contributed by atoms with Gasteiger partial charge in [0.05, 0.1) is 18.2 Å². The van der Waals surface area contributed by atoms with Crippen LogP contribution in [0.2, 0.25) is 0 Å². The molecule has 3 aromatic rings. The van der Waals surface area contributed by atoms with Crippen LogP contribution < -0.4 is 10.1 Å². The second-order valence-corrected chi connectivity index (χ2v) is 6.14. The van der Waals surface area contributed by atoms with Gasteiger partial charge in [-0.2, -0.15) is 0 Å². The number of carbonyl (C=O) groups excluding carboxylic acids is 3. The molecule has 0 aliphatic rings. The number of nitrogens with one attached hydrogen (secondary N) is 1. The lowest BCUT2D eigenvalue weighted by Gasteiger charge is -2.09. The molecular formula is C23H19NO6. The van der Waals surface area contributed by atoms with Gasteiger partial charge in [0.25, 0.3) is 5.91 Å². The summed E-state index contributed by atoms with van der Waals surface area (Å²) in [6, 6.07) is 21.8. The molecule has 0 unspecified atom stereocenters. The van der Waals surface area contributed by atoms with Crippen molar-refractivity contribution in [3.05, 3.63) is 90.0 Å². The lowest BCUT2D eigenvalue weighted by Crippen LogP contribution is -2.21. The van der Waals surface area contributed by atoms with E-state index >= 15 is 0 Å². The number of rotatable bonds is 7. The normalized spacial score (nSPS) is 10.0. The van der Waals surface area contributed by atoms with Crippen molar-refractivity contribution in [1.82, 2.24) is 0 Å². The average molecular weight is 405 g/mol. The molecule has 0 radical (unpaired) electrons. The molecule has 0 heterocycles. The van der Waals surface area contributed by atoms with Crippen LogP contribution in [0.1, 0.15) is 20.7 Å². The predicted molar refractivity (Wildman–Crippen MR) is 110 cm³/mol. The zero-order chi connectivity index (χ0) is 21.3. The van der Waals surface area contributed by atoms with E-state index in [2.05, 4.69) is 10.1 Å². The van der Waals surface area contributed by atoms with Crippen LogP contribution in [0.3, 0.4) is 0 Å². The lowest BCUT2D eigenvalue weighted by molar-refractivity contribution is -0.119. The monoisotopic (exact) mass is 405 g/mol. The van der Waals surface area contributed by atoms with Crippen LogP contribution in [0.25, 0.3) is 0 Å². The van der Waals surface area contributed by atoms with E-state index in [1.165, 1.54) is 19.2 Å². The van der Waals surface area contributed by atoms with Crippen LogP contribution >= 0.6 is 0 Å². The van der Waals surface area contributed by atoms with Crippen molar-refractivity contribution in [1.29, 1.82) is 0 Å². The van der Waals surface area contributed by atoms with Crippen LogP contribution in [0, 0.1) is 0 Å². The molecule has 3 rings (SSSR count). The summed E-state index contributed by atoms with van der Waals surface area (Å²) < 4.78 is 15.4. The van der Waals surface area contributed by atoms with E-state index in [1.54, 1.807) is 48.5 Å². The minimum atomic E-state index is -0.648. The first-order valence-corrected chi connectivity index (χ1v) is 9.03. The zero-order valence-electron chi connectivity index (χ0n) is 16.2. The molecule has 0 saturated carbocycles. The molecule has 1 amide bonds. The van der Waals surface area contributed by atoms with Crippen molar-refractivity contribution >= 4 is 23.5 Å². The van der Waals surface area contributed by atoms with Crippen LogP contribution in [0.4, 0.5) is 5.69 Å². The minimum Gasteiger partial charge on any atom is -0.465 e. The zero-order valence-corrected chi connectivity index (χ0v) is 16.2. The molecule has 0 spiro atoms. The number of hydrogen-bond acceptors (Lipinski definition) is 6. The van der Waals surface area contributed by atoms with Crippen LogP contribution in [0.15, 0.2) is 78.9 Å². The molecule has 1 N–H and O–H groups in total. The molecule has 0 saturated heterocycles. The van der Waals surface area contributed by atoms with Gasteiger partial charge < -0.3 is 19.5 Å². The highest BCUT2D eigenvalue weighted by molar-refractivity contribution is 5.96. The predicted octanol–water partition coefficient (Wildman–Crippen LogP) is 4.06. The minimum absolute atomic E-state index is 0.263. The largest absolute Gasteiger partial charge is 0.465 e. The number of esters is 2. The smallest absolute Gasteiger partial charge is 0.338 e. The lowest BCUT2D eigenvalue weighted by atomic mass is 10.2. The molecular weight excluding hydrogens is 386 g/mol. The molecule has 0 bridgehead atoms. The van der Waals surface area contributed by atoms with E-state index in [9.17, 15) is 14.4 Å². The van der Waals surface area contributed by atoms with Crippen molar-refractivity contribution in [3.63, 3.8) is 0 Å². The Morgan fingerprint density at radius 1 is 0.767 bits per heavy atom. The number of para-hydroxylation sites is 1. The fourth-order valence-electron chi connectivity index (χ4n) is 2.53. The van der Waals surface area contributed by atoms with E-state index in [-0.39, 0.29) is 5.56 Å². The number of methoxy groups -OCH3 is 1. The first-order valence-electron chi connectivity index (χ1n) is 9.03. The Labute approximate surface area is 173 Å². The third-order valence-electron chi connectivity index (χ3n) is 3.97. The first-order chi connectivity index (χ1) is 14.5. The second kappa shape index (κ2) is 9.88. The van der Waals surface area contributed by atoms with E-state index in [0.29, 0.717) is 22.7 Å². The van der Waals surface area contributed by atoms with E-state index in [0.717, 1.165) is 0 Å². The molecule has 7 heteroatoms. The van der Waals surface area contributed by atoms with E-state index in [1.807, 2.05) is 18.2 Å². The standard InChI is InChI=1S/C23H19NO6/c1-28-22(26)16-10-12-18(13-11-16)24-21(25)15-29-23(27)17-6-5-9-20(14-17)30-19-7-3-2-4-8-19/h2-14H,15H2,1H3,(H,24,25). The van der Waals surface area contributed by atoms with Gasteiger partial charge in [0.2, 0.25) is 0 Å². The number of hydrogen-bond donors (Lipinski definition) is 1. The third kappa shape index (κ3) is 5.68. The molecule has 152 valence electrons. The highest BCUT2D eigenvalue weighted by Crippen LogP contribution is 2.22. The molecule has 0 aliphatic heterocycles. The fourth-order valence-corrected chi connectivity index (χ4v) is 2.53. The maximum absolute atomic E-state index is 12.2. The highest BCUT2D eigenvalue weighted by atomic mass is 16.5. The number of ether oxygens (including phenoxy) is 3. The van der Waals surface area contributed by atoms with Gasteiger partial charge in [0, 0.05) is 5.69 Å². The Hall–Kier alpha value is -4.13. The third-order valence-corrected chi connectivity index (χ3v) is 3.97. The van der Waals surface area contributed by atoms with Gasteiger partial charge in [0.15, 0.2) is 6.61 Å². The number of anilines is 1. The summed E-state index contributed by atoms with van der Waals surface area (Å²) in [6.07, 6.45) is 0. The van der Waals surface area contributed by atoms with Crippen molar-refractivity contribution in [2.45, 2.75) is 0 Å². The summed E-state index contributed by atoms with van der Waals surface area (Å²) in [5, 5.41) is 2.58. The van der Waals surface area contributed by atoms with Gasteiger partial charge in [0.1, 0.15) is 11.5 Å². The van der Waals surface area contributed by atoms with Gasteiger partial charge in [-0.05, 0) is 54.6 Å². The SMILES string of the molecule is COC(=O)c1ccc(NC(=O)COC(=O)c2cccc(Oc3ccccc3)c2)cc1. The first kappa shape index (κ1) is 20.6. The Kier molecular flexibility index (Phi) is 6.78. The summed E-state index contributed by atoms with van der Waals surface area (Å²) in [7, 11) is 1.29. The number of carbonyl (C=O) groups is 3. The topological polar surface area (TPSA) is 90.9 Å². The summed E-state index contributed by atoms with van der Waals surface area (Å²) >= 11 is 0. The summed E-state index contributed by atoms with van der Waals surface area (Å²) in [5.74, 6) is -0.512. The van der Waals surface area contributed by atoms with Crippen LogP contribution in [-0.4, -0.2) is 31.6 Å². The van der Waals surface area contributed by atoms with Gasteiger partial charge in [-0.15, -0.1) is 0 Å².